The van der Waals surface area contributed by atoms with Crippen molar-refractivity contribution >= 4 is 5.69 Å². The third-order valence-electron chi connectivity index (χ3n) is 4.81. The molecule has 2 unspecified atom stereocenters. The Labute approximate surface area is 104 Å². The number of nitrogens with two attached hydrogens (primary N) is 1. The standard InChI is InChI=1S/C16H23N/c1-10(12-6-7-12)14-4-3-5-15(16(14)17)11(2)13-8-9-13/h3-5,10-13H,6-9,17H2,1-2H3. The molecule has 0 heterocycles. The molecule has 0 radical (unpaired) electrons. The molecular formula is C16H23N. The zero-order valence-electron chi connectivity index (χ0n) is 10.9. The van der Waals surface area contributed by atoms with Gasteiger partial charge in [0.15, 0.2) is 0 Å². The molecule has 1 nitrogen and oxygen atoms in total. The van der Waals surface area contributed by atoms with Crippen molar-refractivity contribution in [3.05, 3.63) is 29.3 Å². The molecule has 2 atom stereocenters. The molecule has 0 spiro atoms. The van der Waals surface area contributed by atoms with Crippen LogP contribution in [0.25, 0.3) is 0 Å². The first-order valence-electron chi connectivity index (χ1n) is 7.06. The molecule has 1 aromatic carbocycles. The largest absolute Gasteiger partial charge is 0.398 e. The van der Waals surface area contributed by atoms with Crippen LogP contribution in [0.4, 0.5) is 5.69 Å². The second-order valence-corrected chi connectivity index (χ2v) is 6.10. The molecule has 0 aromatic heterocycles. The van der Waals surface area contributed by atoms with E-state index in [4.69, 9.17) is 5.73 Å². The Bertz CT molecular complexity index is 379. The van der Waals surface area contributed by atoms with E-state index in [1.165, 1.54) is 36.8 Å². The Balaban J connectivity index is 1.91. The number of rotatable bonds is 4. The van der Waals surface area contributed by atoms with Gasteiger partial charge < -0.3 is 5.73 Å². The van der Waals surface area contributed by atoms with E-state index in [2.05, 4.69) is 32.0 Å². The van der Waals surface area contributed by atoms with Gasteiger partial charge in [0, 0.05) is 5.69 Å². The van der Waals surface area contributed by atoms with Crippen LogP contribution in [0, 0.1) is 11.8 Å². The van der Waals surface area contributed by atoms with Crippen molar-refractivity contribution in [1.82, 2.24) is 0 Å². The van der Waals surface area contributed by atoms with Crippen LogP contribution >= 0.6 is 0 Å². The normalized spacial score (nSPS) is 23.4. The molecule has 2 aliphatic carbocycles. The molecule has 2 aliphatic rings. The van der Waals surface area contributed by atoms with Gasteiger partial charge in [-0.15, -0.1) is 0 Å². The average molecular weight is 229 g/mol. The summed E-state index contributed by atoms with van der Waals surface area (Å²) >= 11 is 0. The van der Waals surface area contributed by atoms with Crippen LogP contribution in [0.2, 0.25) is 0 Å². The highest BCUT2D eigenvalue weighted by atomic mass is 14.6. The van der Waals surface area contributed by atoms with Gasteiger partial charge in [0.2, 0.25) is 0 Å². The van der Waals surface area contributed by atoms with E-state index in [1.807, 2.05) is 0 Å². The van der Waals surface area contributed by atoms with Crippen molar-refractivity contribution in [2.45, 2.75) is 51.4 Å². The molecular weight excluding hydrogens is 206 g/mol. The van der Waals surface area contributed by atoms with Gasteiger partial charge in [-0.25, -0.2) is 0 Å². The lowest BCUT2D eigenvalue weighted by Crippen LogP contribution is -2.07. The second kappa shape index (κ2) is 4.04. The smallest absolute Gasteiger partial charge is 0.0384 e. The third-order valence-corrected chi connectivity index (χ3v) is 4.81. The molecule has 1 aromatic rings. The van der Waals surface area contributed by atoms with Crippen LogP contribution in [-0.4, -0.2) is 0 Å². The highest BCUT2D eigenvalue weighted by Gasteiger charge is 2.33. The predicted octanol–water partition coefficient (Wildman–Crippen LogP) is 4.30. The van der Waals surface area contributed by atoms with Crippen molar-refractivity contribution < 1.29 is 0 Å². The number of anilines is 1. The van der Waals surface area contributed by atoms with Crippen LogP contribution in [0.15, 0.2) is 18.2 Å². The zero-order valence-corrected chi connectivity index (χ0v) is 10.9. The summed E-state index contributed by atoms with van der Waals surface area (Å²) < 4.78 is 0. The maximum Gasteiger partial charge on any atom is 0.0384 e. The summed E-state index contributed by atoms with van der Waals surface area (Å²) in [6, 6.07) is 6.68. The van der Waals surface area contributed by atoms with E-state index in [1.54, 1.807) is 0 Å². The molecule has 92 valence electrons. The Kier molecular flexibility index (Phi) is 2.65. The summed E-state index contributed by atoms with van der Waals surface area (Å²) in [5.41, 5.74) is 10.3. The van der Waals surface area contributed by atoms with E-state index in [0.717, 1.165) is 17.5 Å². The second-order valence-electron chi connectivity index (χ2n) is 6.10. The number of hydrogen-bond donors (Lipinski definition) is 1. The number of hydrogen-bond acceptors (Lipinski definition) is 1. The van der Waals surface area contributed by atoms with E-state index >= 15 is 0 Å². The monoisotopic (exact) mass is 229 g/mol. The Morgan fingerprint density at radius 3 is 1.71 bits per heavy atom. The first-order valence-corrected chi connectivity index (χ1v) is 7.06. The molecule has 0 amide bonds. The third kappa shape index (κ3) is 2.08. The van der Waals surface area contributed by atoms with Gasteiger partial charge in [-0.1, -0.05) is 32.0 Å². The van der Waals surface area contributed by atoms with Crippen molar-refractivity contribution in [1.29, 1.82) is 0 Å². The van der Waals surface area contributed by atoms with Crippen molar-refractivity contribution in [3.63, 3.8) is 0 Å². The van der Waals surface area contributed by atoms with E-state index in [0.29, 0.717) is 11.8 Å². The maximum absolute atomic E-state index is 6.42. The summed E-state index contributed by atoms with van der Waals surface area (Å²) in [6.07, 6.45) is 5.57. The minimum Gasteiger partial charge on any atom is -0.398 e. The molecule has 0 saturated heterocycles. The molecule has 17 heavy (non-hydrogen) atoms. The van der Waals surface area contributed by atoms with E-state index in [9.17, 15) is 0 Å². The first-order chi connectivity index (χ1) is 8.18. The topological polar surface area (TPSA) is 26.0 Å². The van der Waals surface area contributed by atoms with Gasteiger partial charge in [0.25, 0.3) is 0 Å². The zero-order chi connectivity index (χ0) is 12.0. The van der Waals surface area contributed by atoms with Crippen molar-refractivity contribution in [2.75, 3.05) is 5.73 Å². The van der Waals surface area contributed by atoms with E-state index in [-0.39, 0.29) is 0 Å². The SMILES string of the molecule is CC(c1cccc(C(C)C2CC2)c1N)C1CC1. The van der Waals surface area contributed by atoms with Crippen LogP contribution in [-0.2, 0) is 0 Å². The van der Waals surface area contributed by atoms with Crippen LogP contribution < -0.4 is 5.73 Å². The van der Waals surface area contributed by atoms with E-state index < -0.39 is 0 Å². The van der Waals surface area contributed by atoms with Crippen LogP contribution in [0.5, 0.6) is 0 Å². The van der Waals surface area contributed by atoms with Crippen molar-refractivity contribution in [3.8, 4) is 0 Å². The highest BCUT2D eigenvalue weighted by Crippen LogP contribution is 2.48. The minimum atomic E-state index is 0.654. The van der Waals surface area contributed by atoms with Gasteiger partial charge in [-0.05, 0) is 60.5 Å². The molecule has 1 heteroatoms. The van der Waals surface area contributed by atoms with Gasteiger partial charge in [-0.2, -0.15) is 0 Å². The molecule has 3 rings (SSSR count). The van der Waals surface area contributed by atoms with Crippen molar-refractivity contribution in [2.24, 2.45) is 11.8 Å². The lowest BCUT2D eigenvalue weighted by atomic mass is 9.87. The van der Waals surface area contributed by atoms with Gasteiger partial charge >= 0.3 is 0 Å². The summed E-state index contributed by atoms with van der Waals surface area (Å²) in [5.74, 6) is 3.09. The first kappa shape index (κ1) is 11.1. The lowest BCUT2D eigenvalue weighted by molar-refractivity contribution is 0.648. The Morgan fingerprint density at radius 1 is 0.941 bits per heavy atom. The van der Waals surface area contributed by atoms with Gasteiger partial charge in [0.1, 0.15) is 0 Å². The summed E-state index contributed by atoms with van der Waals surface area (Å²) in [6.45, 7) is 4.68. The summed E-state index contributed by atoms with van der Waals surface area (Å²) in [4.78, 5) is 0. The fourth-order valence-corrected chi connectivity index (χ4v) is 3.10. The Hall–Kier alpha value is -0.980. The number of para-hydroxylation sites is 1. The van der Waals surface area contributed by atoms with Crippen LogP contribution in [0.1, 0.15) is 62.5 Å². The minimum absolute atomic E-state index is 0.654. The Morgan fingerprint density at radius 2 is 1.35 bits per heavy atom. The van der Waals surface area contributed by atoms with Crippen LogP contribution in [0.3, 0.4) is 0 Å². The summed E-state index contributed by atoms with van der Waals surface area (Å²) in [5, 5.41) is 0. The molecule has 2 N–H and O–H groups in total. The predicted molar refractivity (Wildman–Crippen MR) is 73.1 cm³/mol. The quantitative estimate of drug-likeness (QED) is 0.765. The van der Waals surface area contributed by atoms with Gasteiger partial charge in [-0.3, -0.25) is 0 Å². The van der Waals surface area contributed by atoms with Gasteiger partial charge in [0.05, 0.1) is 0 Å². The molecule has 2 saturated carbocycles. The molecule has 0 bridgehead atoms. The molecule has 2 fully saturated rings. The number of nitrogen functional groups attached to an aromatic ring is 1. The number of benzene rings is 1. The summed E-state index contributed by atoms with van der Waals surface area (Å²) in [7, 11) is 0. The fraction of sp³-hybridized carbons (Fsp3) is 0.625. The maximum atomic E-state index is 6.42. The fourth-order valence-electron chi connectivity index (χ4n) is 3.10. The highest BCUT2D eigenvalue weighted by molar-refractivity contribution is 5.57. The molecule has 0 aliphatic heterocycles. The average Bonchev–Trinajstić information content (AvgIpc) is 3.20. The lowest BCUT2D eigenvalue weighted by Gasteiger charge is -2.20.